The molecule has 0 bridgehead atoms. The highest BCUT2D eigenvalue weighted by Gasteiger charge is 2.61. The van der Waals surface area contributed by atoms with Gasteiger partial charge in [0.2, 0.25) is 5.95 Å². The minimum absolute atomic E-state index is 0.0397. The van der Waals surface area contributed by atoms with E-state index in [9.17, 15) is 19.4 Å². The molecule has 0 amide bonds. The van der Waals surface area contributed by atoms with Gasteiger partial charge in [-0.2, -0.15) is 4.39 Å². The molecule has 2 aromatic rings. The lowest BCUT2D eigenvalue weighted by Crippen LogP contribution is -2.50. The van der Waals surface area contributed by atoms with Crippen LogP contribution in [0.1, 0.15) is 49.5 Å². The van der Waals surface area contributed by atoms with Gasteiger partial charge in [-0.05, 0) is 26.3 Å². The van der Waals surface area contributed by atoms with Gasteiger partial charge >= 0.3 is 5.97 Å². The molecular weight excluding hydrogens is 599 g/mol. The highest BCUT2D eigenvalue weighted by atomic mass is 32.1. The van der Waals surface area contributed by atoms with E-state index in [2.05, 4.69) is 15.3 Å². The molecule has 3 aliphatic heterocycles. The van der Waals surface area contributed by atoms with Crippen LogP contribution in [0, 0.1) is 18.3 Å². The number of thiazole rings is 1. The van der Waals surface area contributed by atoms with Gasteiger partial charge in [-0.15, -0.1) is 11.3 Å². The van der Waals surface area contributed by atoms with E-state index in [1.807, 2.05) is 0 Å². The predicted molar refractivity (Wildman–Crippen MR) is 157 cm³/mol. The average molecular weight is 638 g/mol. The number of hydrogen-bond donors (Lipinski definition) is 3. The molecule has 2 saturated heterocycles. The summed E-state index contributed by atoms with van der Waals surface area (Å²) in [5.41, 5.74) is 0.410. The van der Waals surface area contributed by atoms with Crippen LogP contribution in [0.15, 0.2) is 40.0 Å². The number of fused-ring (bicyclic) bond motifs is 1. The molecule has 0 saturated carbocycles. The van der Waals surface area contributed by atoms with Crippen LogP contribution in [0.25, 0.3) is 0 Å². The number of carbonyl (C=O) groups is 1. The number of esters is 1. The first-order valence-corrected chi connectivity index (χ1v) is 15.3. The van der Waals surface area contributed by atoms with Crippen LogP contribution in [0.4, 0.5) is 13.2 Å². The molecule has 15 heteroatoms. The Balaban J connectivity index is 1.52. The summed E-state index contributed by atoms with van der Waals surface area (Å²) >= 11 is 1.32. The number of carbonyl (C=O) groups excluding carboxylic acids is 1. The molecule has 5 rings (SSSR count). The second-order valence-corrected chi connectivity index (χ2v) is 13.0. The van der Waals surface area contributed by atoms with Gasteiger partial charge in [0.15, 0.2) is 17.1 Å². The SMILES string of the molecule is CCOC(=O)C1=C(CN2CC(F)(F)[C@@H]3[C@H]2CN(C)N3CCC(C)(C)C(O)O)NC(c2nccs2)=N[C@@H]1c1ccc(F)nc1C. The number of aliphatic imine (C=N–C) groups is 1. The van der Waals surface area contributed by atoms with Crippen LogP contribution in [-0.2, 0) is 9.53 Å². The van der Waals surface area contributed by atoms with Crippen LogP contribution in [0.3, 0.4) is 0 Å². The van der Waals surface area contributed by atoms with Gasteiger partial charge in [-0.25, -0.2) is 33.6 Å². The van der Waals surface area contributed by atoms with Crippen LogP contribution in [0.5, 0.6) is 0 Å². The van der Waals surface area contributed by atoms with Crippen molar-refractivity contribution in [1.29, 1.82) is 0 Å². The van der Waals surface area contributed by atoms with E-state index in [1.54, 1.807) is 61.2 Å². The topological polar surface area (TPSA) is 127 Å². The molecule has 240 valence electrons. The maximum atomic E-state index is 15.8. The number of aromatic nitrogens is 2. The summed E-state index contributed by atoms with van der Waals surface area (Å²) in [5, 5.41) is 28.4. The number of ether oxygens (including phenoxy) is 1. The van der Waals surface area contributed by atoms with Crippen molar-refractivity contribution >= 4 is 23.1 Å². The Kier molecular flexibility index (Phi) is 9.18. The number of amidine groups is 1. The van der Waals surface area contributed by atoms with Crippen molar-refractivity contribution in [3.8, 4) is 0 Å². The zero-order chi connectivity index (χ0) is 32.0. The molecule has 0 radical (unpaired) electrons. The number of aryl methyl sites for hydroxylation is 1. The van der Waals surface area contributed by atoms with Gasteiger partial charge in [-0.3, -0.25) is 9.89 Å². The molecule has 0 unspecified atom stereocenters. The summed E-state index contributed by atoms with van der Waals surface area (Å²) in [6.07, 6.45) is 0.313. The number of halogens is 3. The number of likely N-dealkylation sites (N-methyl/N-ethyl adjacent to an activating group) is 1. The first-order valence-electron chi connectivity index (χ1n) is 14.5. The second kappa shape index (κ2) is 12.4. The largest absolute Gasteiger partial charge is 0.463 e. The van der Waals surface area contributed by atoms with E-state index in [4.69, 9.17) is 9.73 Å². The van der Waals surface area contributed by atoms with Crippen molar-refractivity contribution < 1.29 is 32.9 Å². The van der Waals surface area contributed by atoms with Crippen molar-refractivity contribution in [1.82, 2.24) is 30.2 Å². The number of alkyl halides is 2. The number of hydrogen-bond acceptors (Lipinski definition) is 12. The smallest absolute Gasteiger partial charge is 0.338 e. The molecule has 44 heavy (non-hydrogen) atoms. The van der Waals surface area contributed by atoms with E-state index in [0.29, 0.717) is 34.3 Å². The van der Waals surface area contributed by atoms with Crippen molar-refractivity contribution in [2.24, 2.45) is 10.4 Å². The number of nitrogens with zero attached hydrogens (tertiary/aromatic N) is 6. The normalized spacial score (nSPS) is 24.5. The predicted octanol–water partition coefficient (Wildman–Crippen LogP) is 2.47. The number of nitrogens with one attached hydrogen (secondary N) is 1. The van der Waals surface area contributed by atoms with Gasteiger partial charge in [0, 0.05) is 66.7 Å². The van der Waals surface area contributed by atoms with Crippen LogP contribution in [-0.4, -0.2) is 111 Å². The van der Waals surface area contributed by atoms with Crippen molar-refractivity contribution in [3.63, 3.8) is 0 Å². The standard InChI is InChI=1S/C29H38F3N7O4S/c1-6-43-26(40)21-18(35-24(25-33-10-12-44-25)36-22(21)17-7-8-20(30)34-16(17)2)13-38-15-29(31,32)23-19(38)14-37(5)39(23)11-9-28(3,4)27(41)42/h7-8,10,12,19,22-23,27,41-42H,6,9,11,13-15H2,1-5H3,(H,35,36)/t19-,22-,23+/m1/s1. The van der Waals surface area contributed by atoms with Gasteiger partial charge in [-0.1, -0.05) is 19.9 Å². The lowest BCUT2D eigenvalue weighted by Gasteiger charge is -2.35. The first kappa shape index (κ1) is 32.4. The second-order valence-electron chi connectivity index (χ2n) is 12.1. The molecule has 11 nitrogen and oxygen atoms in total. The van der Waals surface area contributed by atoms with E-state index < -0.39 is 54.2 Å². The highest BCUT2D eigenvalue weighted by Crippen LogP contribution is 2.43. The molecule has 3 aliphatic rings. The maximum Gasteiger partial charge on any atom is 0.338 e. The number of rotatable bonds is 10. The Morgan fingerprint density at radius 1 is 1.32 bits per heavy atom. The Morgan fingerprint density at radius 3 is 2.70 bits per heavy atom. The molecule has 2 aromatic heterocycles. The number of aliphatic hydroxyl groups excluding tert-OH is 1. The van der Waals surface area contributed by atoms with Crippen molar-refractivity contribution in [2.45, 2.75) is 64.5 Å². The third kappa shape index (κ3) is 6.26. The Labute approximate surface area is 258 Å². The summed E-state index contributed by atoms with van der Waals surface area (Å²) in [7, 11) is 1.74. The summed E-state index contributed by atoms with van der Waals surface area (Å²) in [6, 6.07) is 0.0239. The minimum atomic E-state index is -3.10. The van der Waals surface area contributed by atoms with E-state index >= 15 is 8.78 Å². The fourth-order valence-electron chi connectivity index (χ4n) is 6.07. The zero-order valence-electron chi connectivity index (χ0n) is 25.3. The number of hydrazine groups is 1. The summed E-state index contributed by atoms with van der Waals surface area (Å²) in [5.74, 6) is -4.08. The highest BCUT2D eigenvalue weighted by molar-refractivity contribution is 7.11. The van der Waals surface area contributed by atoms with Gasteiger partial charge < -0.3 is 20.3 Å². The maximum absolute atomic E-state index is 15.8. The van der Waals surface area contributed by atoms with E-state index in [1.165, 1.54) is 23.5 Å². The third-order valence-corrected chi connectivity index (χ3v) is 9.36. The van der Waals surface area contributed by atoms with Gasteiger partial charge in [0.25, 0.3) is 5.92 Å². The molecule has 0 aromatic carbocycles. The molecule has 0 spiro atoms. The first-order chi connectivity index (χ1) is 20.7. The lowest BCUT2D eigenvalue weighted by atomic mass is 9.88. The molecular formula is C29H38F3N7O4S. The molecule has 0 aliphatic carbocycles. The Bertz CT molecular complexity index is 1440. The van der Waals surface area contributed by atoms with Crippen LogP contribution in [0.2, 0.25) is 0 Å². The summed E-state index contributed by atoms with van der Waals surface area (Å²) < 4.78 is 51.0. The third-order valence-electron chi connectivity index (χ3n) is 8.58. The summed E-state index contributed by atoms with van der Waals surface area (Å²) in [4.78, 5) is 28.2. The number of likely N-dealkylation sites (tertiary alicyclic amines) is 1. The molecule has 3 atom stereocenters. The Morgan fingerprint density at radius 2 is 2.07 bits per heavy atom. The van der Waals surface area contributed by atoms with Crippen LogP contribution < -0.4 is 5.32 Å². The number of aliphatic hydroxyl groups is 2. The van der Waals surface area contributed by atoms with Crippen molar-refractivity contribution in [3.05, 3.63) is 57.2 Å². The van der Waals surface area contributed by atoms with E-state index in [-0.39, 0.29) is 31.7 Å². The fourth-order valence-corrected chi connectivity index (χ4v) is 6.66. The molecule has 2 fully saturated rings. The van der Waals surface area contributed by atoms with Crippen LogP contribution >= 0.6 is 11.3 Å². The average Bonchev–Trinajstić information content (AvgIpc) is 3.64. The molecule has 3 N–H and O–H groups in total. The zero-order valence-corrected chi connectivity index (χ0v) is 26.1. The Hall–Kier alpha value is -2.95. The quantitative estimate of drug-likeness (QED) is 0.203. The minimum Gasteiger partial charge on any atom is -0.463 e. The van der Waals surface area contributed by atoms with E-state index in [0.717, 1.165) is 0 Å². The van der Waals surface area contributed by atoms with Crippen molar-refractivity contribution in [2.75, 3.05) is 39.8 Å². The van der Waals surface area contributed by atoms with Gasteiger partial charge in [0.1, 0.15) is 12.1 Å². The molecule has 5 heterocycles. The monoisotopic (exact) mass is 637 g/mol. The summed E-state index contributed by atoms with van der Waals surface area (Å²) in [6.45, 7) is 6.65. The van der Waals surface area contributed by atoms with Gasteiger partial charge in [0.05, 0.1) is 18.7 Å². The lowest BCUT2D eigenvalue weighted by molar-refractivity contribution is -0.139. The fraction of sp³-hybridized carbons (Fsp3) is 0.586. The number of pyridine rings is 1.